The van der Waals surface area contributed by atoms with E-state index in [0.29, 0.717) is 11.3 Å². The van der Waals surface area contributed by atoms with Gasteiger partial charge in [0, 0.05) is 12.4 Å². The van der Waals surface area contributed by atoms with Crippen molar-refractivity contribution in [1.29, 1.82) is 0 Å². The fourth-order valence-electron chi connectivity index (χ4n) is 1.19. The number of aryl methyl sites for hydroxylation is 1. The van der Waals surface area contributed by atoms with Crippen molar-refractivity contribution in [2.24, 2.45) is 0 Å². The monoisotopic (exact) mass is 202 g/mol. The van der Waals surface area contributed by atoms with E-state index in [-0.39, 0.29) is 5.91 Å². The van der Waals surface area contributed by atoms with Gasteiger partial charge in [-0.05, 0) is 19.1 Å². The van der Waals surface area contributed by atoms with Crippen molar-refractivity contribution in [3.8, 4) is 0 Å². The van der Waals surface area contributed by atoms with Crippen LogP contribution in [0.2, 0.25) is 0 Å². The van der Waals surface area contributed by atoms with Crippen LogP contribution in [0.5, 0.6) is 0 Å². The highest BCUT2D eigenvalue weighted by molar-refractivity contribution is 6.04. The minimum atomic E-state index is -0.195. The van der Waals surface area contributed by atoms with Gasteiger partial charge < -0.3 is 5.32 Å². The van der Waals surface area contributed by atoms with E-state index in [1.165, 1.54) is 6.20 Å². The standard InChI is InChI=1S/C10H10N4O/c1-7-9(3-2-4-11-7)14-10(15)8-5-12-13-6-8/h2-6H,1H3,(H,12,13)(H,14,15). The summed E-state index contributed by atoms with van der Waals surface area (Å²) in [5.41, 5.74) is 2.00. The van der Waals surface area contributed by atoms with Crippen LogP contribution in [0.25, 0.3) is 0 Å². The molecule has 0 atom stereocenters. The summed E-state index contributed by atoms with van der Waals surface area (Å²) in [5.74, 6) is -0.195. The number of rotatable bonds is 2. The van der Waals surface area contributed by atoms with E-state index in [1.807, 2.05) is 6.92 Å². The van der Waals surface area contributed by atoms with E-state index >= 15 is 0 Å². The second kappa shape index (κ2) is 3.91. The Bertz CT molecular complexity index is 464. The van der Waals surface area contributed by atoms with Crippen molar-refractivity contribution in [2.45, 2.75) is 6.92 Å². The van der Waals surface area contributed by atoms with Crippen LogP contribution in [0, 0.1) is 6.92 Å². The Kier molecular flexibility index (Phi) is 2.45. The molecule has 0 fully saturated rings. The molecule has 0 saturated heterocycles. The Morgan fingerprint density at radius 1 is 1.53 bits per heavy atom. The lowest BCUT2D eigenvalue weighted by atomic mass is 10.3. The maximum atomic E-state index is 11.6. The molecule has 5 nitrogen and oxygen atoms in total. The van der Waals surface area contributed by atoms with Gasteiger partial charge in [-0.25, -0.2) is 0 Å². The first-order valence-corrected chi connectivity index (χ1v) is 4.49. The molecule has 2 aromatic rings. The second-order valence-corrected chi connectivity index (χ2v) is 3.08. The first-order valence-electron chi connectivity index (χ1n) is 4.49. The van der Waals surface area contributed by atoms with E-state index in [1.54, 1.807) is 24.5 Å². The van der Waals surface area contributed by atoms with Gasteiger partial charge in [-0.1, -0.05) is 0 Å². The van der Waals surface area contributed by atoms with Gasteiger partial charge in [-0.15, -0.1) is 0 Å². The van der Waals surface area contributed by atoms with Gasteiger partial charge in [-0.3, -0.25) is 14.9 Å². The van der Waals surface area contributed by atoms with Gasteiger partial charge in [-0.2, -0.15) is 5.10 Å². The van der Waals surface area contributed by atoms with Gasteiger partial charge >= 0.3 is 0 Å². The normalized spacial score (nSPS) is 9.93. The largest absolute Gasteiger partial charge is 0.320 e. The van der Waals surface area contributed by atoms with Crippen molar-refractivity contribution < 1.29 is 4.79 Å². The summed E-state index contributed by atoms with van der Waals surface area (Å²) in [6.45, 7) is 1.84. The van der Waals surface area contributed by atoms with Gasteiger partial charge in [0.2, 0.25) is 0 Å². The van der Waals surface area contributed by atoms with Gasteiger partial charge in [0.25, 0.3) is 5.91 Å². The minimum Gasteiger partial charge on any atom is -0.320 e. The lowest BCUT2D eigenvalue weighted by molar-refractivity contribution is 0.102. The zero-order valence-electron chi connectivity index (χ0n) is 8.19. The zero-order chi connectivity index (χ0) is 10.7. The molecule has 2 heterocycles. The Morgan fingerprint density at radius 3 is 3.07 bits per heavy atom. The van der Waals surface area contributed by atoms with Gasteiger partial charge in [0.1, 0.15) is 0 Å². The number of H-pyrrole nitrogens is 1. The number of hydrogen-bond donors (Lipinski definition) is 2. The summed E-state index contributed by atoms with van der Waals surface area (Å²) in [4.78, 5) is 15.7. The van der Waals surface area contributed by atoms with Crippen LogP contribution in [0.15, 0.2) is 30.7 Å². The third-order valence-electron chi connectivity index (χ3n) is 2.02. The quantitative estimate of drug-likeness (QED) is 0.772. The number of nitrogens with one attached hydrogen (secondary N) is 2. The van der Waals surface area contributed by atoms with Gasteiger partial charge in [0.05, 0.1) is 23.1 Å². The number of nitrogens with zero attached hydrogens (tertiary/aromatic N) is 2. The van der Waals surface area contributed by atoms with Crippen molar-refractivity contribution in [3.05, 3.63) is 42.0 Å². The predicted octanol–water partition coefficient (Wildman–Crippen LogP) is 1.37. The third kappa shape index (κ3) is 2.01. The molecule has 1 amide bonds. The summed E-state index contributed by atoms with van der Waals surface area (Å²) < 4.78 is 0. The molecular weight excluding hydrogens is 192 g/mol. The fraction of sp³-hybridized carbons (Fsp3) is 0.100. The van der Waals surface area contributed by atoms with Crippen molar-refractivity contribution >= 4 is 11.6 Å². The molecule has 0 bridgehead atoms. The highest BCUT2D eigenvalue weighted by Gasteiger charge is 2.07. The van der Waals surface area contributed by atoms with E-state index < -0.39 is 0 Å². The van der Waals surface area contributed by atoms with Crippen molar-refractivity contribution in [1.82, 2.24) is 15.2 Å². The fourth-order valence-corrected chi connectivity index (χ4v) is 1.19. The van der Waals surface area contributed by atoms with Crippen LogP contribution in [-0.4, -0.2) is 21.1 Å². The molecule has 0 unspecified atom stereocenters. The maximum Gasteiger partial charge on any atom is 0.258 e. The molecule has 0 aromatic carbocycles. The number of pyridine rings is 1. The van der Waals surface area contributed by atoms with Crippen LogP contribution in [0.4, 0.5) is 5.69 Å². The molecule has 0 spiro atoms. The van der Waals surface area contributed by atoms with Crippen LogP contribution < -0.4 is 5.32 Å². The topological polar surface area (TPSA) is 70.7 Å². The number of aromatic amines is 1. The number of carbonyl (C=O) groups excluding carboxylic acids is 1. The van der Waals surface area contributed by atoms with Crippen LogP contribution in [0.3, 0.4) is 0 Å². The average Bonchev–Trinajstić information content (AvgIpc) is 2.74. The zero-order valence-corrected chi connectivity index (χ0v) is 8.19. The van der Waals surface area contributed by atoms with E-state index in [9.17, 15) is 4.79 Å². The van der Waals surface area contributed by atoms with E-state index in [4.69, 9.17) is 0 Å². The lowest BCUT2D eigenvalue weighted by Gasteiger charge is -2.05. The molecule has 76 valence electrons. The molecule has 0 radical (unpaired) electrons. The van der Waals surface area contributed by atoms with Crippen molar-refractivity contribution in [2.75, 3.05) is 5.32 Å². The Balaban J connectivity index is 2.17. The van der Waals surface area contributed by atoms with Crippen LogP contribution in [-0.2, 0) is 0 Å². The number of hydrogen-bond acceptors (Lipinski definition) is 3. The van der Waals surface area contributed by atoms with Crippen LogP contribution in [0.1, 0.15) is 16.1 Å². The van der Waals surface area contributed by atoms with E-state index in [2.05, 4.69) is 20.5 Å². The second-order valence-electron chi connectivity index (χ2n) is 3.08. The molecule has 2 aromatic heterocycles. The van der Waals surface area contributed by atoms with E-state index in [0.717, 1.165) is 5.69 Å². The molecule has 0 aliphatic carbocycles. The number of amides is 1. The van der Waals surface area contributed by atoms with Crippen LogP contribution >= 0.6 is 0 Å². The highest BCUT2D eigenvalue weighted by atomic mass is 16.1. The molecule has 5 heteroatoms. The predicted molar refractivity (Wildman–Crippen MR) is 55.5 cm³/mol. The number of aromatic nitrogens is 3. The number of anilines is 1. The summed E-state index contributed by atoms with van der Waals surface area (Å²) in [6.07, 6.45) is 4.70. The Hall–Kier alpha value is -2.17. The van der Waals surface area contributed by atoms with Crippen molar-refractivity contribution in [3.63, 3.8) is 0 Å². The lowest BCUT2D eigenvalue weighted by Crippen LogP contribution is -2.12. The molecule has 2 N–H and O–H groups in total. The first kappa shape index (κ1) is 9.39. The molecule has 0 saturated carbocycles. The minimum absolute atomic E-state index is 0.195. The summed E-state index contributed by atoms with van der Waals surface area (Å²) in [7, 11) is 0. The average molecular weight is 202 g/mol. The summed E-state index contributed by atoms with van der Waals surface area (Å²) in [6, 6.07) is 3.58. The SMILES string of the molecule is Cc1ncccc1NC(=O)c1cn[nH]c1. The Labute approximate surface area is 86.5 Å². The molecule has 15 heavy (non-hydrogen) atoms. The molecule has 0 aliphatic heterocycles. The smallest absolute Gasteiger partial charge is 0.258 e. The molecule has 0 aliphatic rings. The summed E-state index contributed by atoms with van der Waals surface area (Å²) in [5, 5.41) is 9.04. The first-order chi connectivity index (χ1) is 7.27. The highest BCUT2D eigenvalue weighted by Crippen LogP contribution is 2.11. The molecular formula is C10H10N4O. The number of carbonyl (C=O) groups is 1. The third-order valence-corrected chi connectivity index (χ3v) is 2.02. The molecule has 2 rings (SSSR count). The Morgan fingerprint density at radius 2 is 2.40 bits per heavy atom. The maximum absolute atomic E-state index is 11.6. The summed E-state index contributed by atoms with van der Waals surface area (Å²) >= 11 is 0. The van der Waals surface area contributed by atoms with Gasteiger partial charge in [0.15, 0.2) is 0 Å².